The summed E-state index contributed by atoms with van der Waals surface area (Å²) in [7, 11) is 0. The smallest absolute Gasteiger partial charge is 0.326 e. The Balaban J connectivity index is 1.88. The average Bonchev–Trinajstić information content (AvgIpc) is 3.33. The van der Waals surface area contributed by atoms with Crippen molar-refractivity contribution in [2.45, 2.75) is 53.1 Å². The molecule has 1 heterocycles. The van der Waals surface area contributed by atoms with E-state index in [2.05, 4.69) is 20.6 Å². The van der Waals surface area contributed by atoms with Crippen molar-refractivity contribution in [3.05, 3.63) is 54.1 Å². The Kier molecular flexibility index (Phi) is 7.92. The highest BCUT2D eigenvalue weighted by Gasteiger charge is 2.32. The minimum atomic E-state index is -0.979. The molecule has 2 aromatic carbocycles. The quantitative estimate of drug-likeness (QED) is 0.474. The molecule has 1 amide bonds. The third-order valence-electron chi connectivity index (χ3n) is 5.89. The van der Waals surface area contributed by atoms with E-state index in [-0.39, 0.29) is 24.3 Å². The monoisotopic (exact) mass is 449 g/mol. The zero-order valence-electron chi connectivity index (χ0n) is 19.5. The number of aromatic nitrogens is 4. The van der Waals surface area contributed by atoms with Crippen molar-refractivity contribution >= 4 is 11.9 Å². The van der Waals surface area contributed by atoms with Gasteiger partial charge >= 0.3 is 5.97 Å². The Morgan fingerprint density at radius 2 is 1.70 bits per heavy atom. The van der Waals surface area contributed by atoms with Gasteiger partial charge in [-0.1, -0.05) is 82.6 Å². The molecule has 174 valence electrons. The third-order valence-corrected chi connectivity index (χ3v) is 5.89. The molecule has 2 N–H and O–H groups in total. The van der Waals surface area contributed by atoms with Crippen LogP contribution in [0.15, 0.2) is 48.5 Å². The minimum Gasteiger partial charge on any atom is -0.480 e. The Hall–Kier alpha value is -3.55. The number of H-pyrrole nitrogens is 1. The van der Waals surface area contributed by atoms with E-state index in [1.54, 1.807) is 0 Å². The largest absolute Gasteiger partial charge is 0.480 e. The molecule has 3 aromatic rings. The summed E-state index contributed by atoms with van der Waals surface area (Å²) in [4.78, 5) is 26.6. The van der Waals surface area contributed by atoms with Crippen LogP contribution in [0.1, 0.15) is 46.1 Å². The predicted molar refractivity (Wildman–Crippen MR) is 126 cm³/mol. The van der Waals surface area contributed by atoms with Gasteiger partial charge in [-0.25, -0.2) is 4.79 Å². The lowest BCUT2D eigenvalue weighted by Gasteiger charge is -2.32. The lowest BCUT2D eigenvalue weighted by Crippen LogP contribution is -2.48. The van der Waals surface area contributed by atoms with Crippen molar-refractivity contribution in [3.8, 4) is 22.5 Å². The van der Waals surface area contributed by atoms with Gasteiger partial charge in [0.25, 0.3) is 0 Å². The van der Waals surface area contributed by atoms with Crippen molar-refractivity contribution in [2.24, 2.45) is 11.8 Å². The van der Waals surface area contributed by atoms with E-state index in [4.69, 9.17) is 0 Å². The first kappa shape index (κ1) is 24.1. The van der Waals surface area contributed by atoms with Gasteiger partial charge < -0.3 is 10.0 Å². The average molecular weight is 450 g/mol. The number of hydrogen-bond donors (Lipinski definition) is 2. The number of aliphatic carboxylic acids is 1. The van der Waals surface area contributed by atoms with Gasteiger partial charge in [0.1, 0.15) is 6.04 Å². The van der Waals surface area contributed by atoms with Gasteiger partial charge in [0, 0.05) is 18.5 Å². The Bertz CT molecular complexity index is 1060. The molecule has 0 spiro atoms. The van der Waals surface area contributed by atoms with Gasteiger partial charge in [0.15, 0.2) is 0 Å². The number of carbonyl (C=O) groups excluding carboxylic acids is 1. The summed E-state index contributed by atoms with van der Waals surface area (Å²) in [5.41, 5.74) is 3.66. The van der Waals surface area contributed by atoms with E-state index in [1.165, 1.54) is 4.90 Å². The Morgan fingerprint density at radius 1 is 1.03 bits per heavy atom. The van der Waals surface area contributed by atoms with Crippen molar-refractivity contribution < 1.29 is 14.7 Å². The second-order valence-electron chi connectivity index (χ2n) is 8.74. The van der Waals surface area contributed by atoms with Crippen LogP contribution in [0.25, 0.3) is 22.5 Å². The molecule has 0 saturated heterocycles. The number of carbonyl (C=O) groups is 2. The summed E-state index contributed by atoms with van der Waals surface area (Å²) in [6.07, 6.45) is 1.20. The first-order valence-corrected chi connectivity index (χ1v) is 11.3. The molecule has 3 rings (SSSR count). The molecule has 0 fully saturated rings. The fourth-order valence-electron chi connectivity index (χ4n) is 3.87. The van der Waals surface area contributed by atoms with Crippen LogP contribution in [0.5, 0.6) is 0 Å². The number of aromatic amines is 1. The number of nitrogens with one attached hydrogen (secondary N) is 1. The maximum absolute atomic E-state index is 13.1. The van der Waals surface area contributed by atoms with Crippen molar-refractivity contribution in [1.29, 1.82) is 0 Å². The number of benzene rings is 2. The number of carboxylic acids is 1. The molecule has 8 nitrogen and oxygen atoms in total. The summed E-state index contributed by atoms with van der Waals surface area (Å²) in [5.74, 6) is -0.599. The zero-order chi connectivity index (χ0) is 24.0. The number of amides is 1. The van der Waals surface area contributed by atoms with Crippen molar-refractivity contribution in [3.63, 3.8) is 0 Å². The van der Waals surface area contributed by atoms with Crippen LogP contribution in [0.2, 0.25) is 0 Å². The summed E-state index contributed by atoms with van der Waals surface area (Å²) in [6.45, 7) is 7.96. The van der Waals surface area contributed by atoms with Crippen LogP contribution in [0.4, 0.5) is 0 Å². The molecule has 0 saturated carbocycles. The van der Waals surface area contributed by atoms with Gasteiger partial charge in [-0.15, -0.1) is 10.2 Å². The highest BCUT2D eigenvalue weighted by atomic mass is 16.4. The van der Waals surface area contributed by atoms with Gasteiger partial charge in [0.05, 0.1) is 0 Å². The van der Waals surface area contributed by atoms with Crippen molar-refractivity contribution in [1.82, 2.24) is 25.5 Å². The molecular weight excluding hydrogens is 418 g/mol. The second kappa shape index (κ2) is 10.8. The number of tetrazole rings is 1. The van der Waals surface area contributed by atoms with Crippen LogP contribution >= 0.6 is 0 Å². The Labute approximate surface area is 194 Å². The van der Waals surface area contributed by atoms with Gasteiger partial charge in [-0.2, -0.15) is 5.21 Å². The summed E-state index contributed by atoms with van der Waals surface area (Å²) >= 11 is 0. The van der Waals surface area contributed by atoms with E-state index in [1.807, 2.05) is 76.2 Å². The fraction of sp³-hybridized carbons (Fsp3) is 0.400. The number of hydrogen-bond acceptors (Lipinski definition) is 5. The highest BCUT2D eigenvalue weighted by molar-refractivity contribution is 5.84. The van der Waals surface area contributed by atoms with Gasteiger partial charge in [-0.05, 0) is 33.7 Å². The van der Waals surface area contributed by atoms with Crippen LogP contribution < -0.4 is 0 Å². The van der Waals surface area contributed by atoms with E-state index in [0.717, 1.165) is 28.7 Å². The molecule has 0 aliphatic rings. The molecule has 2 unspecified atom stereocenters. The predicted octanol–water partition coefficient (Wildman–Crippen LogP) is 4.41. The molecule has 8 heteroatoms. The maximum atomic E-state index is 13.1. The lowest BCUT2D eigenvalue weighted by atomic mass is 9.96. The number of rotatable bonds is 10. The molecule has 0 aliphatic heterocycles. The van der Waals surface area contributed by atoms with Crippen LogP contribution in [0, 0.1) is 11.8 Å². The van der Waals surface area contributed by atoms with Crippen molar-refractivity contribution in [2.75, 3.05) is 0 Å². The first-order valence-electron chi connectivity index (χ1n) is 11.3. The molecule has 0 bridgehead atoms. The SMILES string of the molecule is CCC(C)CC(=O)N(Cc1ccc(-c2ccccc2-c2nn[nH]n2)cc1)C(C(=O)O)C(C)C. The molecule has 0 radical (unpaired) electrons. The standard InChI is InChI=1S/C25H31N5O3/c1-5-17(4)14-22(31)30(23(16(2)3)25(32)33)15-18-10-12-19(13-11-18)20-8-6-7-9-21(20)24-26-28-29-27-24/h6-13,16-17,23H,5,14-15H2,1-4H3,(H,32,33)(H,26,27,28,29). The molecule has 1 aromatic heterocycles. The summed E-state index contributed by atoms with van der Waals surface area (Å²) in [6, 6.07) is 14.7. The van der Waals surface area contributed by atoms with Crippen LogP contribution in [0.3, 0.4) is 0 Å². The van der Waals surface area contributed by atoms with Gasteiger partial charge in [0.2, 0.25) is 11.7 Å². The van der Waals surface area contributed by atoms with Crippen LogP contribution in [-0.4, -0.2) is 48.5 Å². The molecular formula is C25H31N5O3. The Morgan fingerprint density at radius 3 is 2.24 bits per heavy atom. The van der Waals surface area contributed by atoms with E-state index >= 15 is 0 Å². The highest BCUT2D eigenvalue weighted by Crippen LogP contribution is 2.30. The normalized spacial score (nSPS) is 13.0. The zero-order valence-corrected chi connectivity index (χ0v) is 19.5. The topological polar surface area (TPSA) is 112 Å². The molecule has 0 aliphatic carbocycles. The van der Waals surface area contributed by atoms with E-state index in [9.17, 15) is 14.7 Å². The minimum absolute atomic E-state index is 0.128. The van der Waals surface area contributed by atoms with E-state index < -0.39 is 12.0 Å². The van der Waals surface area contributed by atoms with Gasteiger partial charge in [-0.3, -0.25) is 4.79 Å². The van der Waals surface area contributed by atoms with Crippen LogP contribution in [-0.2, 0) is 16.1 Å². The second-order valence-corrected chi connectivity index (χ2v) is 8.74. The first-order chi connectivity index (χ1) is 15.8. The van der Waals surface area contributed by atoms with E-state index in [0.29, 0.717) is 12.2 Å². The molecule has 33 heavy (non-hydrogen) atoms. The maximum Gasteiger partial charge on any atom is 0.326 e. The fourth-order valence-corrected chi connectivity index (χ4v) is 3.87. The summed E-state index contributed by atoms with van der Waals surface area (Å²) < 4.78 is 0. The number of nitrogens with zero attached hydrogens (tertiary/aromatic N) is 4. The molecule has 2 atom stereocenters. The third kappa shape index (κ3) is 5.83. The lowest BCUT2D eigenvalue weighted by molar-refractivity contribution is -0.153. The number of carboxylic acid groups (broad SMARTS) is 1. The summed E-state index contributed by atoms with van der Waals surface area (Å²) in [5, 5.41) is 24.1.